The van der Waals surface area contributed by atoms with E-state index in [1.807, 2.05) is 63.7 Å². The third-order valence-electron chi connectivity index (χ3n) is 3.45. The van der Waals surface area contributed by atoms with Crippen LogP contribution in [0.5, 0.6) is 5.75 Å². The number of carbonyl (C=O) groups is 1. The highest BCUT2D eigenvalue weighted by Gasteiger charge is 2.16. The Hall–Kier alpha value is -2.05. The summed E-state index contributed by atoms with van der Waals surface area (Å²) in [5.41, 5.74) is 0.668. The number of urea groups is 1. The van der Waals surface area contributed by atoms with Gasteiger partial charge in [0.2, 0.25) is 0 Å². The van der Waals surface area contributed by atoms with Gasteiger partial charge in [-0.15, -0.1) is 11.3 Å². The number of rotatable bonds is 7. The normalized spacial score (nSPS) is 12.2. The van der Waals surface area contributed by atoms with Crippen LogP contribution in [0.3, 0.4) is 0 Å². The van der Waals surface area contributed by atoms with Crippen LogP contribution in [-0.4, -0.2) is 37.7 Å². The van der Waals surface area contributed by atoms with Gasteiger partial charge in [-0.25, -0.2) is 4.79 Å². The molecule has 1 aromatic heterocycles. The van der Waals surface area contributed by atoms with Gasteiger partial charge in [-0.1, -0.05) is 18.2 Å². The number of thiophene rings is 1. The first-order valence-corrected chi connectivity index (χ1v) is 8.85. The summed E-state index contributed by atoms with van der Waals surface area (Å²) in [6.45, 7) is 4.45. The van der Waals surface area contributed by atoms with Gasteiger partial charge in [-0.2, -0.15) is 0 Å². The maximum atomic E-state index is 12.3. The summed E-state index contributed by atoms with van der Waals surface area (Å²) in [6.07, 6.45) is 0.0490. The lowest BCUT2D eigenvalue weighted by Crippen LogP contribution is -2.36. The molecule has 0 fully saturated rings. The topological polar surface area (TPSA) is 53.6 Å². The van der Waals surface area contributed by atoms with Gasteiger partial charge in [-0.3, -0.25) is 0 Å². The molecule has 2 rings (SSSR count). The Labute approximate surface area is 147 Å². The fraction of sp³-hybridized carbons (Fsp3) is 0.389. The highest BCUT2D eigenvalue weighted by Crippen LogP contribution is 2.25. The molecule has 0 saturated heterocycles. The third kappa shape index (κ3) is 5.25. The van der Waals surface area contributed by atoms with Crippen LogP contribution in [0.25, 0.3) is 0 Å². The molecular weight excluding hydrogens is 322 g/mol. The van der Waals surface area contributed by atoms with Crippen LogP contribution in [-0.2, 0) is 0 Å². The molecule has 1 unspecified atom stereocenters. The molecule has 0 bridgehead atoms. The first kappa shape index (κ1) is 18.3. The zero-order valence-electron chi connectivity index (χ0n) is 14.6. The van der Waals surface area contributed by atoms with Gasteiger partial charge in [0.15, 0.2) is 0 Å². The number of nitrogens with zero attached hydrogens (tertiary/aromatic N) is 1. The second-order valence-corrected chi connectivity index (χ2v) is 6.97. The number of hydrogen-bond donors (Lipinski definition) is 2. The highest BCUT2D eigenvalue weighted by molar-refractivity contribution is 7.10. The number of hydrogen-bond acceptors (Lipinski definition) is 4. The third-order valence-corrected chi connectivity index (χ3v) is 4.42. The van der Waals surface area contributed by atoms with E-state index in [1.54, 1.807) is 11.3 Å². The molecule has 1 aromatic carbocycles. The zero-order valence-corrected chi connectivity index (χ0v) is 15.4. The maximum Gasteiger partial charge on any atom is 0.319 e. The monoisotopic (exact) mass is 347 g/mol. The van der Waals surface area contributed by atoms with Crippen molar-refractivity contribution in [1.29, 1.82) is 0 Å². The quantitative estimate of drug-likeness (QED) is 0.797. The van der Waals surface area contributed by atoms with Crippen LogP contribution >= 0.6 is 11.3 Å². The molecule has 2 amide bonds. The summed E-state index contributed by atoms with van der Waals surface area (Å²) in [4.78, 5) is 15.6. The molecule has 0 aliphatic heterocycles. The fourth-order valence-electron chi connectivity index (χ4n) is 2.30. The number of anilines is 1. The number of amides is 2. The molecule has 130 valence electrons. The maximum absolute atomic E-state index is 12.3. The number of benzene rings is 1. The first-order valence-electron chi connectivity index (χ1n) is 7.97. The van der Waals surface area contributed by atoms with E-state index < -0.39 is 0 Å². The van der Waals surface area contributed by atoms with Gasteiger partial charge in [0.05, 0.1) is 17.8 Å². The second kappa shape index (κ2) is 8.70. The molecular formula is C18H25N3O2S. The lowest BCUT2D eigenvalue weighted by molar-refractivity contribution is 0.239. The Morgan fingerprint density at radius 2 is 1.96 bits per heavy atom. The van der Waals surface area contributed by atoms with Crippen LogP contribution in [0.2, 0.25) is 0 Å². The average Bonchev–Trinajstić information content (AvgIpc) is 3.02. The minimum atomic E-state index is -0.238. The van der Waals surface area contributed by atoms with Gasteiger partial charge < -0.3 is 20.3 Å². The van der Waals surface area contributed by atoms with E-state index in [0.29, 0.717) is 18.0 Å². The molecule has 5 nitrogen and oxygen atoms in total. The van der Waals surface area contributed by atoms with Gasteiger partial charge in [0, 0.05) is 11.4 Å². The molecule has 0 spiro atoms. The Balaban J connectivity index is 1.96. The van der Waals surface area contributed by atoms with Gasteiger partial charge >= 0.3 is 6.03 Å². The van der Waals surface area contributed by atoms with Crippen molar-refractivity contribution in [2.24, 2.45) is 0 Å². The van der Waals surface area contributed by atoms with E-state index in [1.165, 1.54) is 4.88 Å². The van der Waals surface area contributed by atoms with Gasteiger partial charge in [-0.05, 0) is 51.5 Å². The molecule has 6 heteroatoms. The van der Waals surface area contributed by atoms with Crippen LogP contribution in [0, 0.1) is 0 Å². The number of carbonyl (C=O) groups excluding carboxylic acids is 1. The van der Waals surface area contributed by atoms with Gasteiger partial charge in [0.1, 0.15) is 5.75 Å². The van der Waals surface area contributed by atoms with E-state index in [4.69, 9.17) is 4.74 Å². The number of ether oxygens (including phenoxy) is 1. The van der Waals surface area contributed by atoms with Crippen molar-refractivity contribution in [3.8, 4) is 5.75 Å². The van der Waals surface area contributed by atoms with E-state index in [0.717, 1.165) is 0 Å². The Morgan fingerprint density at radius 3 is 2.58 bits per heavy atom. The molecule has 0 saturated carbocycles. The van der Waals surface area contributed by atoms with Gasteiger partial charge in [0.25, 0.3) is 0 Å². The van der Waals surface area contributed by atoms with Crippen molar-refractivity contribution in [3.05, 3.63) is 46.7 Å². The summed E-state index contributed by atoms with van der Waals surface area (Å²) in [7, 11) is 4.02. The minimum absolute atomic E-state index is 0.0490. The largest absolute Gasteiger partial charge is 0.489 e. The molecule has 1 heterocycles. The van der Waals surface area contributed by atoms with E-state index in [2.05, 4.69) is 21.6 Å². The second-order valence-electron chi connectivity index (χ2n) is 5.99. The molecule has 0 aliphatic rings. The molecule has 1 atom stereocenters. The van der Waals surface area contributed by atoms with Crippen molar-refractivity contribution in [3.63, 3.8) is 0 Å². The summed E-state index contributed by atoms with van der Waals surface area (Å²) < 4.78 is 5.72. The van der Waals surface area contributed by atoms with Crippen LogP contribution in [0.15, 0.2) is 41.8 Å². The molecule has 24 heavy (non-hydrogen) atoms. The van der Waals surface area contributed by atoms with Crippen molar-refractivity contribution >= 4 is 23.1 Å². The Bertz CT molecular complexity index is 641. The van der Waals surface area contributed by atoms with E-state index >= 15 is 0 Å². The van der Waals surface area contributed by atoms with Crippen molar-refractivity contribution in [1.82, 2.24) is 10.2 Å². The number of likely N-dealkylation sites (N-methyl/N-ethyl adjacent to an activating group) is 1. The molecule has 0 radical (unpaired) electrons. The minimum Gasteiger partial charge on any atom is -0.489 e. The first-order chi connectivity index (χ1) is 11.5. The molecule has 2 N–H and O–H groups in total. The van der Waals surface area contributed by atoms with Crippen LogP contribution < -0.4 is 15.4 Å². The molecule has 2 aromatic rings. The predicted molar refractivity (Wildman–Crippen MR) is 100.0 cm³/mol. The Morgan fingerprint density at radius 1 is 1.21 bits per heavy atom. The highest BCUT2D eigenvalue weighted by atomic mass is 32.1. The standard InChI is InChI=1S/C18H25N3O2S/c1-13(2)23-16-9-6-5-8-14(16)20-18(22)19-12-15(21(3)4)17-10-7-11-24-17/h5-11,13,15H,12H2,1-4H3,(H2,19,20,22). The SMILES string of the molecule is CC(C)Oc1ccccc1NC(=O)NCC(c1cccs1)N(C)C. The van der Waals surface area contributed by atoms with E-state index in [-0.39, 0.29) is 18.2 Å². The summed E-state index contributed by atoms with van der Waals surface area (Å²) in [5, 5.41) is 7.85. The summed E-state index contributed by atoms with van der Waals surface area (Å²) in [5.74, 6) is 0.671. The zero-order chi connectivity index (χ0) is 17.5. The molecule has 0 aliphatic carbocycles. The summed E-state index contributed by atoms with van der Waals surface area (Å²) in [6, 6.07) is 11.5. The average molecular weight is 347 g/mol. The lowest BCUT2D eigenvalue weighted by Gasteiger charge is -2.23. The smallest absolute Gasteiger partial charge is 0.319 e. The van der Waals surface area contributed by atoms with Crippen LogP contribution in [0.1, 0.15) is 24.8 Å². The number of nitrogens with one attached hydrogen (secondary N) is 2. The lowest BCUT2D eigenvalue weighted by atomic mass is 10.2. The Kier molecular flexibility index (Phi) is 6.63. The van der Waals surface area contributed by atoms with E-state index in [9.17, 15) is 4.79 Å². The van der Waals surface area contributed by atoms with Crippen molar-refractivity contribution < 1.29 is 9.53 Å². The van der Waals surface area contributed by atoms with Crippen LogP contribution in [0.4, 0.5) is 10.5 Å². The van der Waals surface area contributed by atoms with Crippen molar-refractivity contribution in [2.45, 2.75) is 26.0 Å². The predicted octanol–water partition coefficient (Wildman–Crippen LogP) is 3.96. The van der Waals surface area contributed by atoms with Crippen molar-refractivity contribution in [2.75, 3.05) is 26.0 Å². The summed E-state index contributed by atoms with van der Waals surface area (Å²) >= 11 is 1.69. The number of para-hydroxylation sites is 2. The fourth-order valence-corrected chi connectivity index (χ4v) is 3.22.